The summed E-state index contributed by atoms with van der Waals surface area (Å²) in [4.78, 5) is 5.20. The van der Waals surface area contributed by atoms with Crippen molar-refractivity contribution in [2.75, 3.05) is 0 Å². The van der Waals surface area contributed by atoms with Crippen molar-refractivity contribution in [3.8, 4) is 0 Å². The molecule has 0 saturated carbocycles. The maximum absolute atomic E-state index is 6.04. The highest BCUT2D eigenvalue weighted by Gasteiger charge is 2.35. The number of benzene rings is 4. The molecule has 0 heterocycles. The molecule has 0 N–H and O–H groups in total. The third-order valence-electron chi connectivity index (χ3n) is 4.85. The monoisotopic (exact) mass is 381 g/mol. The molecule has 0 aliphatic carbocycles. The molecule has 0 aliphatic heterocycles. The van der Waals surface area contributed by atoms with Crippen LogP contribution in [-0.4, -0.2) is 6.21 Å². The first-order chi connectivity index (χ1) is 13.8. The molecule has 4 aromatic rings. The van der Waals surface area contributed by atoms with Gasteiger partial charge < -0.3 is 0 Å². The van der Waals surface area contributed by atoms with E-state index in [0.29, 0.717) is 0 Å². The maximum atomic E-state index is 6.04. The van der Waals surface area contributed by atoms with Gasteiger partial charge in [-0.1, -0.05) is 115 Å². The molecule has 0 aromatic heterocycles. The zero-order valence-corrected chi connectivity index (χ0v) is 16.1. The second-order valence-electron chi connectivity index (χ2n) is 6.62. The van der Waals surface area contributed by atoms with E-state index < -0.39 is 5.54 Å². The van der Waals surface area contributed by atoms with Gasteiger partial charge in [0, 0.05) is 11.2 Å². The molecule has 1 nitrogen and oxygen atoms in total. The van der Waals surface area contributed by atoms with Gasteiger partial charge in [0.1, 0.15) is 5.54 Å². The van der Waals surface area contributed by atoms with Crippen LogP contribution in [-0.2, 0) is 5.54 Å². The first kappa shape index (κ1) is 18.2. The Labute approximate surface area is 171 Å². The fourth-order valence-electron chi connectivity index (χ4n) is 3.48. The molecule has 4 aromatic carbocycles. The maximum Gasteiger partial charge on any atom is 0.136 e. The highest BCUT2D eigenvalue weighted by molar-refractivity contribution is 6.30. The molecule has 0 bridgehead atoms. The number of halogens is 1. The fraction of sp³-hybridized carbons (Fsp3) is 0.0385. The molecular formula is C26H20ClN. The first-order valence-electron chi connectivity index (χ1n) is 9.26. The minimum atomic E-state index is -0.635. The van der Waals surface area contributed by atoms with Crippen LogP contribution in [0.25, 0.3) is 0 Å². The SMILES string of the molecule is Clc1ccc(C=NC(c2ccccc2)(c2ccccc2)c2ccccc2)cc1. The van der Waals surface area contributed by atoms with Gasteiger partial charge in [-0.25, -0.2) is 0 Å². The minimum Gasteiger partial charge on any atom is -0.271 e. The van der Waals surface area contributed by atoms with Crippen molar-refractivity contribution in [2.45, 2.75) is 5.54 Å². The minimum absolute atomic E-state index is 0.635. The molecule has 0 amide bonds. The third-order valence-corrected chi connectivity index (χ3v) is 5.10. The molecule has 28 heavy (non-hydrogen) atoms. The van der Waals surface area contributed by atoms with Crippen LogP contribution in [0.15, 0.2) is 120 Å². The summed E-state index contributed by atoms with van der Waals surface area (Å²) >= 11 is 6.04. The van der Waals surface area contributed by atoms with E-state index in [1.165, 1.54) is 0 Å². The summed E-state index contributed by atoms with van der Waals surface area (Å²) < 4.78 is 0. The molecule has 0 atom stereocenters. The summed E-state index contributed by atoms with van der Waals surface area (Å²) in [5, 5.41) is 0.720. The lowest BCUT2D eigenvalue weighted by Gasteiger charge is -2.32. The predicted octanol–water partition coefficient (Wildman–Crippen LogP) is 6.75. The Balaban J connectivity index is 1.97. The molecule has 0 saturated heterocycles. The van der Waals surface area contributed by atoms with E-state index in [4.69, 9.17) is 16.6 Å². The molecule has 2 heteroatoms. The lowest BCUT2D eigenvalue weighted by atomic mass is 9.77. The third kappa shape index (κ3) is 3.62. The van der Waals surface area contributed by atoms with Gasteiger partial charge in [0.15, 0.2) is 0 Å². The zero-order valence-electron chi connectivity index (χ0n) is 15.4. The van der Waals surface area contributed by atoms with Crippen LogP contribution in [0.5, 0.6) is 0 Å². The Morgan fingerprint density at radius 2 is 0.929 bits per heavy atom. The van der Waals surface area contributed by atoms with Gasteiger partial charge in [0.25, 0.3) is 0 Å². The molecule has 0 radical (unpaired) electrons. The van der Waals surface area contributed by atoms with Crippen molar-refractivity contribution in [3.63, 3.8) is 0 Å². The van der Waals surface area contributed by atoms with E-state index in [9.17, 15) is 0 Å². The van der Waals surface area contributed by atoms with E-state index in [2.05, 4.69) is 72.8 Å². The van der Waals surface area contributed by atoms with Crippen LogP contribution in [0.3, 0.4) is 0 Å². The van der Waals surface area contributed by atoms with Gasteiger partial charge in [-0.3, -0.25) is 4.99 Å². The molecule has 0 unspecified atom stereocenters. The van der Waals surface area contributed by atoms with Crippen molar-refractivity contribution in [1.82, 2.24) is 0 Å². The van der Waals surface area contributed by atoms with E-state index in [1.54, 1.807) is 0 Å². The second-order valence-corrected chi connectivity index (χ2v) is 7.05. The predicted molar refractivity (Wildman–Crippen MR) is 118 cm³/mol. The van der Waals surface area contributed by atoms with E-state index in [1.807, 2.05) is 48.7 Å². The Bertz CT molecular complexity index is 943. The zero-order chi connectivity index (χ0) is 19.2. The van der Waals surface area contributed by atoms with Crippen molar-refractivity contribution < 1.29 is 0 Å². The highest BCUT2D eigenvalue weighted by atomic mass is 35.5. The van der Waals surface area contributed by atoms with Crippen LogP contribution < -0.4 is 0 Å². The van der Waals surface area contributed by atoms with Crippen molar-refractivity contribution in [2.24, 2.45) is 4.99 Å². The van der Waals surface area contributed by atoms with Crippen LogP contribution in [0, 0.1) is 0 Å². The summed E-state index contributed by atoms with van der Waals surface area (Å²) in [5.41, 5.74) is 3.74. The van der Waals surface area contributed by atoms with Crippen molar-refractivity contribution in [3.05, 3.63) is 143 Å². The first-order valence-corrected chi connectivity index (χ1v) is 9.64. The fourth-order valence-corrected chi connectivity index (χ4v) is 3.61. The standard InChI is InChI=1S/C26H20ClN/c27-25-18-16-21(17-19-25)20-28-26(22-10-4-1-5-11-22,23-12-6-2-7-13-23)24-14-8-3-9-15-24/h1-20H. The van der Waals surface area contributed by atoms with Gasteiger partial charge in [-0.15, -0.1) is 0 Å². The van der Waals surface area contributed by atoms with Gasteiger partial charge in [-0.2, -0.15) is 0 Å². The van der Waals surface area contributed by atoms with E-state index in [0.717, 1.165) is 27.3 Å². The Kier molecular flexibility index (Phi) is 5.36. The molecular weight excluding hydrogens is 362 g/mol. The summed E-state index contributed by atoms with van der Waals surface area (Å²) in [7, 11) is 0. The van der Waals surface area contributed by atoms with Gasteiger partial charge in [0.05, 0.1) is 0 Å². The number of hydrogen-bond acceptors (Lipinski definition) is 1. The van der Waals surface area contributed by atoms with Gasteiger partial charge in [-0.05, 0) is 34.4 Å². The van der Waals surface area contributed by atoms with Gasteiger partial charge >= 0.3 is 0 Å². The second kappa shape index (κ2) is 8.24. The van der Waals surface area contributed by atoms with Gasteiger partial charge in [0.2, 0.25) is 0 Å². The topological polar surface area (TPSA) is 12.4 Å². The van der Waals surface area contributed by atoms with Crippen molar-refractivity contribution in [1.29, 1.82) is 0 Å². The Hall–Kier alpha value is -3.16. The number of nitrogens with zero attached hydrogens (tertiary/aromatic N) is 1. The lowest BCUT2D eigenvalue weighted by Crippen LogP contribution is -2.27. The van der Waals surface area contributed by atoms with Crippen LogP contribution in [0.4, 0.5) is 0 Å². The summed E-state index contributed by atoms with van der Waals surface area (Å²) in [6.45, 7) is 0. The van der Waals surface area contributed by atoms with E-state index in [-0.39, 0.29) is 0 Å². The van der Waals surface area contributed by atoms with Crippen molar-refractivity contribution >= 4 is 17.8 Å². The summed E-state index contributed by atoms with van der Waals surface area (Å²) in [6, 6.07) is 39.1. The average Bonchev–Trinajstić information content (AvgIpc) is 2.78. The largest absolute Gasteiger partial charge is 0.271 e. The molecule has 0 aliphatic rings. The molecule has 136 valence electrons. The normalized spacial score (nSPS) is 11.6. The molecule has 0 spiro atoms. The van der Waals surface area contributed by atoms with E-state index >= 15 is 0 Å². The number of aliphatic imine (C=N–C) groups is 1. The van der Waals surface area contributed by atoms with Crippen LogP contribution in [0.1, 0.15) is 22.3 Å². The summed E-state index contributed by atoms with van der Waals surface area (Å²) in [5.74, 6) is 0. The molecule has 4 rings (SSSR count). The highest BCUT2D eigenvalue weighted by Crippen LogP contribution is 2.40. The smallest absolute Gasteiger partial charge is 0.136 e. The average molecular weight is 382 g/mol. The van der Waals surface area contributed by atoms with Crippen LogP contribution >= 0.6 is 11.6 Å². The summed E-state index contributed by atoms with van der Waals surface area (Å²) in [6.07, 6.45) is 1.93. The quantitative estimate of drug-likeness (QED) is 0.268. The molecule has 0 fully saturated rings. The lowest BCUT2D eigenvalue weighted by molar-refractivity contribution is 0.660. The number of hydrogen-bond donors (Lipinski definition) is 0. The Morgan fingerprint density at radius 1 is 0.536 bits per heavy atom. The Morgan fingerprint density at radius 3 is 1.32 bits per heavy atom. The van der Waals surface area contributed by atoms with Crippen LogP contribution in [0.2, 0.25) is 5.02 Å². The number of rotatable bonds is 5.